The first-order valence-electron chi connectivity index (χ1n) is 7.19. The van der Waals surface area contributed by atoms with E-state index in [1.54, 1.807) is 31.8 Å². The van der Waals surface area contributed by atoms with Crippen molar-refractivity contribution in [3.8, 4) is 0 Å². The molecule has 0 saturated carbocycles. The normalized spacial score (nSPS) is 10.3. The Kier molecular flexibility index (Phi) is 6.22. The number of likely N-dealkylation sites (N-methyl/N-ethyl adjacent to an activating group) is 1. The van der Waals surface area contributed by atoms with Crippen LogP contribution in [0, 0.1) is 6.92 Å². The molecule has 0 bridgehead atoms. The minimum atomic E-state index is -0.301. The van der Waals surface area contributed by atoms with E-state index in [4.69, 9.17) is 4.52 Å². The van der Waals surface area contributed by atoms with Crippen LogP contribution < -0.4 is 5.32 Å². The maximum Gasteiger partial charge on any atom is 0.245 e. The molecule has 0 saturated heterocycles. The molecule has 1 aromatic heterocycles. The van der Waals surface area contributed by atoms with Crippen LogP contribution >= 0.6 is 11.8 Å². The molecule has 0 aliphatic heterocycles. The molecule has 0 aliphatic carbocycles. The lowest BCUT2D eigenvalue weighted by atomic mass is 10.4. The lowest BCUT2D eigenvalue weighted by Crippen LogP contribution is -2.35. The van der Waals surface area contributed by atoms with Crippen LogP contribution in [0.1, 0.15) is 12.2 Å². The molecule has 2 aromatic rings. The molecule has 23 heavy (non-hydrogen) atoms. The van der Waals surface area contributed by atoms with Gasteiger partial charge in [0.15, 0.2) is 5.82 Å². The number of anilines is 1. The van der Waals surface area contributed by atoms with E-state index in [0.717, 1.165) is 4.90 Å². The number of nitrogens with zero attached hydrogens (tertiary/aromatic N) is 2. The number of carbonyl (C=O) groups excluding carboxylic acids is 2. The first kappa shape index (κ1) is 17.1. The monoisotopic (exact) mass is 333 g/mol. The van der Waals surface area contributed by atoms with Gasteiger partial charge >= 0.3 is 0 Å². The second-order valence-corrected chi connectivity index (χ2v) is 6.20. The van der Waals surface area contributed by atoms with E-state index in [2.05, 4.69) is 10.5 Å². The van der Waals surface area contributed by atoms with E-state index in [9.17, 15) is 9.59 Å². The fraction of sp³-hybridized carbons (Fsp3) is 0.312. The zero-order valence-electron chi connectivity index (χ0n) is 13.1. The highest BCUT2D eigenvalue weighted by molar-refractivity contribution is 7.99. The van der Waals surface area contributed by atoms with E-state index >= 15 is 0 Å². The molecule has 0 spiro atoms. The third-order valence-electron chi connectivity index (χ3n) is 3.03. The summed E-state index contributed by atoms with van der Waals surface area (Å²) in [6.07, 6.45) is 0.381. The fourth-order valence-electron chi connectivity index (χ4n) is 1.88. The summed E-state index contributed by atoms with van der Waals surface area (Å²) in [7, 11) is 1.61. The van der Waals surface area contributed by atoms with Crippen LogP contribution in [0.5, 0.6) is 0 Å². The van der Waals surface area contributed by atoms with Gasteiger partial charge in [0.25, 0.3) is 0 Å². The maximum atomic E-state index is 12.0. The summed E-state index contributed by atoms with van der Waals surface area (Å²) in [5, 5.41) is 6.26. The summed E-state index contributed by atoms with van der Waals surface area (Å²) in [4.78, 5) is 26.4. The Morgan fingerprint density at radius 1 is 1.30 bits per heavy atom. The summed E-state index contributed by atoms with van der Waals surface area (Å²) in [5.41, 5.74) is 0. The van der Waals surface area contributed by atoms with Gasteiger partial charge in [0.05, 0.1) is 6.54 Å². The number of rotatable bonds is 7. The average Bonchev–Trinajstić information content (AvgIpc) is 2.93. The van der Waals surface area contributed by atoms with Crippen LogP contribution in [-0.2, 0) is 9.59 Å². The summed E-state index contributed by atoms with van der Waals surface area (Å²) < 4.78 is 4.86. The molecule has 1 aromatic carbocycles. The van der Waals surface area contributed by atoms with Crippen LogP contribution in [0.3, 0.4) is 0 Å². The molecule has 7 heteroatoms. The number of aromatic nitrogens is 1. The number of aryl methyl sites for hydroxylation is 1. The number of hydrogen-bond acceptors (Lipinski definition) is 5. The van der Waals surface area contributed by atoms with Crippen molar-refractivity contribution in [1.29, 1.82) is 0 Å². The van der Waals surface area contributed by atoms with E-state index < -0.39 is 0 Å². The van der Waals surface area contributed by atoms with Gasteiger partial charge in [-0.25, -0.2) is 0 Å². The molecule has 0 atom stereocenters. The maximum absolute atomic E-state index is 12.0. The van der Waals surface area contributed by atoms with Crippen molar-refractivity contribution < 1.29 is 14.1 Å². The molecule has 6 nitrogen and oxygen atoms in total. The first-order valence-corrected chi connectivity index (χ1v) is 8.18. The number of nitrogens with one attached hydrogen (secondary N) is 1. The molecule has 122 valence electrons. The quantitative estimate of drug-likeness (QED) is 0.788. The Bertz CT molecular complexity index is 658. The van der Waals surface area contributed by atoms with Crippen molar-refractivity contribution in [3.63, 3.8) is 0 Å². The van der Waals surface area contributed by atoms with Gasteiger partial charge in [-0.1, -0.05) is 23.4 Å². The number of hydrogen-bond donors (Lipinski definition) is 1. The van der Waals surface area contributed by atoms with Gasteiger partial charge < -0.3 is 14.7 Å². The molecule has 2 amide bonds. The van der Waals surface area contributed by atoms with Crippen LogP contribution in [0.15, 0.2) is 45.8 Å². The number of carbonyl (C=O) groups is 2. The highest BCUT2D eigenvalue weighted by Crippen LogP contribution is 2.18. The predicted molar refractivity (Wildman–Crippen MR) is 89.3 cm³/mol. The van der Waals surface area contributed by atoms with E-state index in [-0.39, 0.29) is 18.4 Å². The molecule has 1 heterocycles. The number of thioether (sulfide) groups is 1. The molecular formula is C16H19N3O3S. The Balaban J connectivity index is 1.70. The van der Waals surface area contributed by atoms with Gasteiger partial charge in [0, 0.05) is 30.2 Å². The zero-order valence-corrected chi connectivity index (χ0v) is 13.9. The lowest BCUT2D eigenvalue weighted by Gasteiger charge is -2.16. The standard InChI is InChI=1S/C16H19N3O3S/c1-12-10-14(18-22-12)17-15(20)11-19(2)16(21)8-9-23-13-6-4-3-5-7-13/h3-7,10H,8-9,11H2,1-2H3,(H,17,18,20). The van der Waals surface area contributed by atoms with Gasteiger partial charge in [0.2, 0.25) is 11.8 Å². The molecule has 2 rings (SSSR count). The van der Waals surface area contributed by atoms with Crippen LogP contribution in [0.4, 0.5) is 5.82 Å². The largest absolute Gasteiger partial charge is 0.360 e. The van der Waals surface area contributed by atoms with Crippen molar-refractivity contribution in [3.05, 3.63) is 42.2 Å². The third-order valence-corrected chi connectivity index (χ3v) is 4.04. The molecule has 0 unspecified atom stereocenters. The summed E-state index contributed by atoms with van der Waals surface area (Å²) in [6.45, 7) is 1.73. The third kappa shape index (κ3) is 5.78. The van der Waals surface area contributed by atoms with Gasteiger partial charge in [0.1, 0.15) is 5.76 Å². The smallest absolute Gasteiger partial charge is 0.245 e. The molecule has 1 N–H and O–H groups in total. The minimum Gasteiger partial charge on any atom is -0.360 e. The van der Waals surface area contributed by atoms with Crippen molar-refractivity contribution in [2.75, 3.05) is 24.7 Å². The van der Waals surface area contributed by atoms with Gasteiger partial charge in [-0.05, 0) is 19.1 Å². The van der Waals surface area contributed by atoms with Gasteiger partial charge in [-0.2, -0.15) is 0 Å². The average molecular weight is 333 g/mol. The fourth-order valence-corrected chi connectivity index (χ4v) is 2.74. The highest BCUT2D eigenvalue weighted by atomic mass is 32.2. The predicted octanol–water partition coefficient (Wildman–Crippen LogP) is 2.56. The summed E-state index contributed by atoms with van der Waals surface area (Å²) in [6, 6.07) is 11.5. The van der Waals surface area contributed by atoms with E-state index in [1.807, 2.05) is 30.3 Å². The topological polar surface area (TPSA) is 75.4 Å². The lowest BCUT2D eigenvalue weighted by molar-refractivity contribution is -0.132. The Morgan fingerprint density at radius 3 is 2.70 bits per heavy atom. The number of benzene rings is 1. The van der Waals surface area contributed by atoms with E-state index in [1.165, 1.54) is 4.90 Å². The van der Waals surface area contributed by atoms with Gasteiger partial charge in [-0.3, -0.25) is 9.59 Å². The Hall–Kier alpha value is -2.28. The second-order valence-electron chi connectivity index (χ2n) is 5.03. The van der Waals surface area contributed by atoms with Crippen LogP contribution in [0.25, 0.3) is 0 Å². The molecule has 0 radical (unpaired) electrons. The van der Waals surface area contributed by atoms with Crippen molar-refractivity contribution in [1.82, 2.24) is 10.1 Å². The summed E-state index contributed by atoms with van der Waals surface area (Å²) in [5.74, 6) is 1.28. The molecule has 0 aliphatic rings. The van der Waals surface area contributed by atoms with Crippen molar-refractivity contribution in [2.45, 2.75) is 18.2 Å². The molecule has 0 fully saturated rings. The van der Waals surface area contributed by atoms with Gasteiger partial charge in [-0.15, -0.1) is 11.8 Å². The zero-order chi connectivity index (χ0) is 16.7. The molecular weight excluding hydrogens is 314 g/mol. The second kappa shape index (κ2) is 8.38. The first-order chi connectivity index (χ1) is 11.0. The van der Waals surface area contributed by atoms with E-state index in [0.29, 0.717) is 23.8 Å². The summed E-state index contributed by atoms with van der Waals surface area (Å²) >= 11 is 1.62. The minimum absolute atomic E-state index is 0.0132. The van der Waals surface area contributed by atoms with Crippen molar-refractivity contribution >= 4 is 29.4 Å². The van der Waals surface area contributed by atoms with Crippen LogP contribution in [-0.4, -0.2) is 41.2 Å². The number of amides is 2. The SMILES string of the molecule is Cc1cc(NC(=O)CN(C)C(=O)CCSc2ccccc2)no1. The van der Waals surface area contributed by atoms with Crippen molar-refractivity contribution in [2.24, 2.45) is 0 Å². The highest BCUT2D eigenvalue weighted by Gasteiger charge is 2.14. The Morgan fingerprint density at radius 2 is 2.04 bits per heavy atom. The Labute approximate surface area is 139 Å². The van der Waals surface area contributed by atoms with Crippen LogP contribution in [0.2, 0.25) is 0 Å².